The number of hydrogen-bond acceptors (Lipinski definition) is 8. The lowest BCUT2D eigenvalue weighted by atomic mass is 10.3. The topological polar surface area (TPSA) is 180 Å². The third-order valence-corrected chi connectivity index (χ3v) is 3.98. The molecule has 150 valence electrons. The van der Waals surface area contributed by atoms with Crippen LogP contribution in [0.4, 0.5) is 11.4 Å². The van der Waals surface area contributed by atoms with Gasteiger partial charge in [-0.05, 0) is 20.8 Å². The minimum Gasteiger partial charge on any atom is -0.273 e. The van der Waals surface area contributed by atoms with Crippen LogP contribution in [-0.4, -0.2) is 41.2 Å². The van der Waals surface area contributed by atoms with Gasteiger partial charge >= 0.3 is 11.4 Å². The maximum atomic E-state index is 12.0. The summed E-state index contributed by atoms with van der Waals surface area (Å²) in [6, 6.07) is -0.896. The molecule has 0 bridgehead atoms. The molecule has 2 N–H and O–H groups in total. The fourth-order valence-electron chi connectivity index (χ4n) is 2.43. The second-order valence-corrected chi connectivity index (χ2v) is 5.90. The highest BCUT2D eigenvalue weighted by Crippen LogP contribution is 2.21. The van der Waals surface area contributed by atoms with Crippen LogP contribution in [0.15, 0.2) is 12.4 Å². The maximum Gasteiger partial charge on any atom is 0.312 e. The normalized spacial score (nSPS) is 11.7. The Morgan fingerprint density at radius 3 is 2.43 bits per heavy atom. The molecule has 0 saturated heterocycles. The van der Waals surface area contributed by atoms with Gasteiger partial charge in [0.15, 0.2) is 0 Å². The van der Waals surface area contributed by atoms with E-state index in [0.717, 1.165) is 17.1 Å². The van der Waals surface area contributed by atoms with Crippen LogP contribution < -0.4 is 10.9 Å². The number of aryl methyl sites for hydroxylation is 2. The first-order chi connectivity index (χ1) is 13.1. The van der Waals surface area contributed by atoms with E-state index < -0.39 is 27.7 Å². The van der Waals surface area contributed by atoms with Crippen molar-refractivity contribution in [3.05, 3.63) is 44.0 Å². The smallest absolute Gasteiger partial charge is 0.273 e. The Balaban J connectivity index is 1.86. The first-order valence-electron chi connectivity index (χ1n) is 8.07. The summed E-state index contributed by atoms with van der Waals surface area (Å²) in [5.41, 5.74) is 4.62. The number of rotatable bonds is 7. The number of hydrogen-bond donors (Lipinski definition) is 2. The number of nitrogens with zero attached hydrogens (tertiary/aromatic N) is 6. The molecule has 2 aromatic rings. The number of aromatic nitrogens is 4. The summed E-state index contributed by atoms with van der Waals surface area (Å²) >= 11 is 0. The van der Waals surface area contributed by atoms with Crippen LogP contribution in [0, 0.1) is 34.1 Å². The summed E-state index contributed by atoms with van der Waals surface area (Å²) < 4.78 is 2.44. The zero-order valence-corrected chi connectivity index (χ0v) is 15.3. The van der Waals surface area contributed by atoms with E-state index in [0.29, 0.717) is 5.69 Å². The lowest BCUT2D eigenvalue weighted by Gasteiger charge is -2.13. The van der Waals surface area contributed by atoms with E-state index in [9.17, 15) is 29.8 Å². The number of carbonyl (C=O) groups excluding carboxylic acids is 2. The summed E-state index contributed by atoms with van der Waals surface area (Å²) in [6.07, 6.45) is 2.03. The van der Waals surface area contributed by atoms with Crippen molar-refractivity contribution in [3.8, 4) is 0 Å². The van der Waals surface area contributed by atoms with Crippen molar-refractivity contribution in [2.24, 2.45) is 0 Å². The molecule has 0 aliphatic heterocycles. The molecule has 0 aliphatic rings. The largest absolute Gasteiger partial charge is 0.312 e. The number of nitrogens with one attached hydrogen (secondary N) is 2. The molecule has 2 rings (SSSR count). The number of amides is 2. The van der Waals surface area contributed by atoms with Gasteiger partial charge in [-0.2, -0.15) is 10.2 Å². The Morgan fingerprint density at radius 2 is 1.89 bits per heavy atom. The Kier molecular flexibility index (Phi) is 6.02. The van der Waals surface area contributed by atoms with Gasteiger partial charge < -0.3 is 0 Å². The Morgan fingerprint density at radius 1 is 1.21 bits per heavy atom. The molecule has 14 heteroatoms. The second-order valence-electron chi connectivity index (χ2n) is 5.90. The van der Waals surface area contributed by atoms with Gasteiger partial charge in [0.05, 0.1) is 16.4 Å². The fourth-order valence-corrected chi connectivity index (χ4v) is 2.43. The van der Waals surface area contributed by atoms with Gasteiger partial charge in [0, 0.05) is 6.42 Å². The van der Waals surface area contributed by atoms with Crippen LogP contribution in [0.2, 0.25) is 0 Å². The molecule has 0 spiro atoms. The maximum absolute atomic E-state index is 12.0. The van der Waals surface area contributed by atoms with Crippen molar-refractivity contribution in [3.63, 3.8) is 0 Å². The van der Waals surface area contributed by atoms with Gasteiger partial charge in [0.1, 0.15) is 29.8 Å². The van der Waals surface area contributed by atoms with Crippen LogP contribution in [0.5, 0.6) is 0 Å². The predicted molar refractivity (Wildman–Crippen MR) is 92.9 cm³/mol. The molecule has 14 nitrogen and oxygen atoms in total. The summed E-state index contributed by atoms with van der Waals surface area (Å²) in [4.78, 5) is 44.4. The van der Waals surface area contributed by atoms with Crippen molar-refractivity contribution in [1.29, 1.82) is 0 Å². The average Bonchev–Trinajstić information content (AvgIpc) is 3.22. The highest BCUT2D eigenvalue weighted by molar-refractivity contribution is 5.84. The summed E-state index contributed by atoms with van der Waals surface area (Å²) in [6.45, 7) is 4.57. The predicted octanol–water partition coefficient (Wildman–Crippen LogP) is 0.312. The van der Waals surface area contributed by atoms with Gasteiger partial charge in [0.25, 0.3) is 5.91 Å². The number of carbonyl (C=O) groups is 2. The average molecular weight is 394 g/mol. The molecule has 0 aromatic carbocycles. The molecule has 1 atom stereocenters. The summed E-state index contributed by atoms with van der Waals surface area (Å²) in [5.74, 6) is -1.17. The van der Waals surface area contributed by atoms with Crippen LogP contribution in [0.3, 0.4) is 0 Å². The van der Waals surface area contributed by atoms with Crippen LogP contribution >= 0.6 is 0 Å². The molecule has 2 amide bonds. The number of nitro groups is 2. The highest BCUT2D eigenvalue weighted by Gasteiger charge is 2.22. The molecule has 0 unspecified atom stereocenters. The summed E-state index contributed by atoms with van der Waals surface area (Å²) in [7, 11) is 0. The highest BCUT2D eigenvalue weighted by atomic mass is 16.6. The lowest BCUT2D eigenvalue weighted by molar-refractivity contribution is -0.386. The molecule has 0 saturated carbocycles. The molecule has 2 aromatic heterocycles. The first-order valence-corrected chi connectivity index (χ1v) is 8.07. The van der Waals surface area contributed by atoms with E-state index in [2.05, 4.69) is 21.0 Å². The minimum atomic E-state index is -0.896. The van der Waals surface area contributed by atoms with Crippen molar-refractivity contribution in [2.75, 3.05) is 0 Å². The van der Waals surface area contributed by atoms with E-state index in [1.54, 1.807) is 0 Å². The van der Waals surface area contributed by atoms with Gasteiger partial charge in [0.2, 0.25) is 5.91 Å². The molecule has 0 radical (unpaired) electrons. The molecular formula is C14H18N8O6. The van der Waals surface area contributed by atoms with Gasteiger partial charge in [-0.1, -0.05) is 0 Å². The molecule has 0 fully saturated rings. The molecular weight excluding hydrogens is 376 g/mol. The standard InChI is InChI=1S/C14H18N8O6/c1-8-13(22(27)28)9(2)19(18-8)5-4-12(23)16-17-14(24)10(3)20-7-11(6-15-20)21(25)26/h6-7,10H,4-5H2,1-3H3,(H,16,23)(H,17,24)/t10-/m0/s1. The van der Waals surface area contributed by atoms with E-state index in [4.69, 9.17) is 0 Å². The van der Waals surface area contributed by atoms with Crippen molar-refractivity contribution in [2.45, 2.75) is 39.8 Å². The number of hydrazine groups is 1. The van der Waals surface area contributed by atoms with Gasteiger partial charge in [-0.3, -0.25) is 50.0 Å². The molecule has 2 heterocycles. The Labute approximate surface area is 157 Å². The van der Waals surface area contributed by atoms with Crippen LogP contribution in [-0.2, 0) is 16.1 Å². The Bertz CT molecular complexity index is 932. The van der Waals surface area contributed by atoms with Crippen molar-refractivity contribution < 1.29 is 19.4 Å². The zero-order chi connectivity index (χ0) is 21.0. The Hall–Kier alpha value is -3.84. The third-order valence-electron chi connectivity index (χ3n) is 3.98. The van der Waals surface area contributed by atoms with Crippen LogP contribution in [0.1, 0.15) is 30.8 Å². The molecule has 0 aliphatic carbocycles. The monoisotopic (exact) mass is 394 g/mol. The zero-order valence-electron chi connectivity index (χ0n) is 15.3. The summed E-state index contributed by atoms with van der Waals surface area (Å²) in [5, 5.41) is 29.4. The van der Waals surface area contributed by atoms with E-state index in [-0.39, 0.29) is 30.0 Å². The van der Waals surface area contributed by atoms with Crippen molar-refractivity contribution in [1.82, 2.24) is 30.4 Å². The van der Waals surface area contributed by atoms with E-state index in [1.165, 1.54) is 25.5 Å². The third kappa shape index (κ3) is 4.46. The van der Waals surface area contributed by atoms with Crippen LogP contribution in [0.25, 0.3) is 0 Å². The minimum absolute atomic E-state index is 0.0823. The van der Waals surface area contributed by atoms with E-state index >= 15 is 0 Å². The quantitative estimate of drug-likeness (QED) is 0.497. The lowest BCUT2D eigenvalue weighted by Crippen LogP contribution is -2.44. The van der Waals surface area contributed by atoms with Crippen molar-refractivity contribution >= 4 is 23.2 Å². The first kappa shape index (κ1) is 20.5. The fraction of sp³-hybridized carbons (Fsp3) is 0.429. The second kappa shape index (κ2) is 8.24. The van der Waals surface area contributed by atoms with Gasteiger partial charge in [-0.15, -0.1) is 0 Å². The van der Waals surface area contributed by atoms with E-state index in [1.807, 2.05) is 0 Å². The SMILES string of the molecule is Cc1nn(CCC(=O)NNC(=O)[C@H](C)n2cc([N+](=O)[O-])cn2)c(C)c1[N+](=O)[O-]. The van der Waals surface area contributed by atoms with Gasteiger partial charge in [-0.25, -0.2) is 0 Å². The molecule has 28 heavy (non-hydrogen) atoms.